The Morgan fingerprint density at radius 3 is 1.38 bits per heavy atom. The van der Waals surface area contributed by atoms with E-state index < -0.39 is 0 Å². The molecule has 0 aromatic carbocycles. The van der Waals surface area contributed by atoms with Gasteiger partial charge < -0.3 is 9.84 Å². The van der Waals surface area contributed by atoms with E-state index in [0.717, 1.165) is 32.1 Å². The van der Waals surface area contributed by atoms with Crippen molar-refractivity contribution in [3.05, 3.63) is 24.3 Å². The van der Waals surface area contributed by atoms with Crippen LogP contribution >= 0.6 is 0 Å². The lowest BCUT2D eigenvalue weighted by Gasteiger charge is -2.05. The highest BCUT2D eigenvalue weighted by Crippen LogP contribution is 2.14. The van der Waals surface area contributed by atoms with Gasteiger partial charge in [-0.1, -0.05) is 160 Å². The third-order valence-electron chi connectivity index (χ3n) is 7.90. The molecule has 0 fully saturated rings. The third-order valence-corrected chi connectivity index (χ3v) is 7.90. The van der Waals surface area contributed by atoms with Crippen molar-refractivity contribution in [3.63, 3.8) is 0 Å². The Balaban J connectivity index is 3.21. The van der Waals surface area contributed by atoms with Crippen molar-refractivity contribution in [2.75, 3.05) is 13.2 Å². The molecule has 0 amide bonds. The van der Waals surface area contributed by atoms with Crippen LogP contribution in [-0.2, 0) is 9.53 Å². The Morgan fingerprint density at radius 1 is 0.500 bits per heavy atom. The quantitative estimate of drug-likeness (QED) is 0.0491. The van der Waals surface area contributed by atoms with E-state index in [1.54, 1.807) is 0 Å². The molecule has 3 nitrogen and oxygen atoms in total. The van der Waals surface area contributed by atoms with Gasteiger partial charge in [0.25, 0.3) is 0 Å². The van der Waals surface area contributed by atoms with Crippen LogP contribution in [0.1, 0.15) is 193 Å². The van der Waals surface area contributed by atoms with Gasteiger partial charge in [-0.05, 0) is 51.4 Å². The molecule has 0 aromatic heterocycles. The maximum absolute atomic E-state index is 11.9. The molecule has 0 saturated carbocycles. The second-order valence-corrected chi connectivity index (χ2v) is 11.9. The van der Waals surface area contributed by atoms with Gasteiger partial charge in [-0.25, -0.2) is 0 Å². The average molecular weight is 563 g/mol. The number of hydrogen-bond acceptors (Lipinski definition) is 3. The minimum atomic E-state index is 0.00345. The van der Waals surface area contributed by atoms with Crippen LogP contribution in [0.15, 0.2) is 24.3 Å². The van der Waals surface area contributed by atoms with Gasteiger partial charge in [-0.3, -0.25) is 4.79 Å². The molecule has 0 rings (SSSR count). The summed E-state index contributed by atoms with van der Waals surface area (Å²) in [7, 11) is 0. The van der Waals surface area contributed by atoms with Gasteiger partial charge >= 0.3 is 5.97 Å². The van der Waals surface area contributed by atoms with E-state index in [1.807, 2.05) is 0 Å². The van der Waals surface area contributed by atoms with E-state index in [-0.39, 0.29) is 5.97 Å². The van der Waals surface area contributed by atoms with Crippen molar-refractivity contribution in [1.29, 1.82) is 0 Å². The lowest BCUT2D eigenvalue weighted by Crippen LogP contribution is -2.05. The summed E-state index contributed by atoms with van der Waals surface area (Å²) in [6.45, 7) is 3.22. The second-order valence-electron chi connectivity index (χ2n) is 11.9. The summed E-state index contributed by atoms with van der Waals surface area (Å²) >= 11 is 0. The Hall–Kier alpha value is -1.09. The van der Waals surface area contributed by atoms with Crippen molar-refractivity contribution >= 4 is 5.97 Å². The number of aliphatic hydroxyl groups excluding tert-OH is 1. The van der Waals surface area contributed by atoms with Gasteiger partial charge in [0.1, 0.15) is 0 Å². The molecule has 40 heavy (non-hydrogen) atoms. The first-order valence-electron chi connectivity index (χ1n) is 17.9. The molecule has 0 aliphatic rings. The van der Waals surface area contributed by atoms with Crippen LogP contribution in [-0.4, -0.2) is 24.3 Å². The molecule has 0 spiro atoms. The van der Waals surface area contributed by atoms with Crippen molar-refractivity contribution in [3.8, 4) is 0 Å². The molecule has 0 bridgehead atoms. The first kappa shape index (κ1) is 38.9. The predicted molar refractivity (Wildman–Crippen MR) is 176 cm³/mol. The molecule has 0 unspecified atom stereocenters. The number of hydrogen-bond donors (Lipinski definition) is 1. The monoisotopic (exact) mass is 563 g/mol. The Labute approximate surface area is 251 Å². The first-order chi connectivity index (χ1) is 19.8. The number of allylic oxidation sites excluding steroid dienone is 4. The summed E-state index contributed by atoms with van der Waals surface area (Å²) in [5.74, 6) is 0.00345. The van der Waals surface area contributed by atoms with Crippen LogP contribution in [0.25, 0.3) is 0 Å². The summed E-state index contributed by atoms with van der Waals surface area (Å²) in [4.78, 5) is 11.9. The van der Waals surface area contributed by atoms with Gasteiger partial charge in [-0.2, -0.15) is 0 Å². The zero-order valence-corrected chi connectivity index (χ0v) is 27.0. The van der Waals surface area contributed by atoms with Crippen molar-refractivity contribution in [2.24, 2.45) is 0 Å². The standard InChI is InChI=1S/C37H70O3/c1-2-3-4-5-6-7-8-9-13-16-19-22-25-28-31-34-37(39)40-36-33-30-27-24-21-18-15-12-10-11-14-17-20-23-26-29-32-35-38/h6-7,9,13,38H,2-5,8,10-12,14-36H2,1H3/b7-6-,13-9-. The predicted octanol–water partition coefficient (Wildman–Crippen LogP) is 12.0. The second kappa shape index (κ2) is 35.9. The van der Waals surface area contributed by atoms with Crippen molar-refractivity contribution < 1.29 is 14.6 Å². The van der Waals surface area contributed by atoms with Crippen LogP contribution in [0.5, 0.6) is 0 Å². The zero-order valence-electron chi connectivity index (χ0n) is 27.0. The maximum Gasteiger partial charge on any atom is 0.305 e. The van der Waals surface area contributed by atoms with Gasteiger partial charge in [0, 0.05) is 13.0 Å². The van der Waals surface area contributed by atoms with E-state index in [0.29, 0.717) is 19.6 Å². The summed E-state index contributed by atoms with van der Waals surface area (Å²) in [5.41, 5.74) is 0. The number of carbonyl (C=O) groups excluding carboxylic acids is 1. The topological polar surface area (TPSA) is 46.5 Å². The minimum absolute atomic E-state index is 0.00345. The molecule has 0 aliphatic heterocycles. The smallest absolute Gasteiger partial charge is 0.305 e. The molecule has 0 aliphatic carbocycles. The minimum Gasteiger partial charge on any atom is -0.466 e. The van der Waals surface area contributed by atoms with E-state index in [9.17, 15) is 4.79 Å². The average Bonchev–Trinajstić information content (AvgIpc) is 2.96. The third kappa shape index (κ3) is 34.9. The lowest BCUT2D eigenvalue weighted by atomic mass is 10.0. The number of aliphatic hydroxyl groups is 1. The zero-order chi connectivity index (χ0) is 29.0. The van der Waals surface area contributed by atoms with Crippen molar-refractivity contribution in [2.45, 2.75) is 193 Å². The summed E-state index contributed by atoms with van der Waals surface area (Å²) in [6.07, 6.45) is 45.3. The van der Waals surface area contributed by atoms with Gasteiger partial charge in [0.05, 0.1) is 6.61 Å². The van der Waals surface area contributed by atoms with E-state index >= 15 is 0 Å². The Bertz CT molecular complexity index is 540. The molecule has 236 valence electrons. The number of unbranched alkanes of at least 4 members (excludes halogenated alkanes) is 24. The Kier molecular flexibility index (Phi) is 35.0. The fraction of sp³-hybridized carbons (Fsp3) is 0.865. The summed E-state index contributed by atoms with van der Waals surface area (Å²) in [6, 6.07) is 0. The van der Waals surface area contributed by atoms with E-state index in [4.69, 9.17) is 9.84 Å². The van der Waals surface area contributed by atoms with Crippen LogP contribution in [0.3, 0.4) is 0 Å². The maximum atomic E-state index is 11.9. The first-order valence-corrected chi connectivity index (χ1v) is 17.9. The molecule has 0 radical (unpaired) electrons. The SMILES string of the molecule is CCCCC/C=C\C/C=C\CCCCCCCC(=O)OCCCCCCCCCCCCCCCCCCCO. The molecule has 1 N–H and O–H groups in total. The summed E-state index contributed by atoms with van der Waals surface area (Å²) < 4.78 is 5.43. The molecular formula is C37H70O3. The molecule has 0 saturated heterocycles. The van der Waals surface area contributed by atoms with E-state index in [1.165, 1.54) is 148 Å². The number of esters is 1. The fourth-order valence-corrected chi connectivity index (χ4v) is 5.20. The number of rotatable bonds is 33. The van der Waals surface area contributed by atoms with Crippen molar-refractivity contribution in [1.82, 2.24) is 0 Å². The highest BCUT2D eigenvalue weighted by Gasteiger charge is 2.02. The molecule has 0 heterocycles. The van der Waals surface area contributed by atoms with Crippen LogP contribution in [0, 0.1) is 0 Å². The highest BCUT2D eigenvalue weighted by molar-refractivity contribution is 5.69. The number of ether oxygens (including phenoxy) is 1. The van der Waals surface area contributed by atoms with Gasteiger partial charge in [0.15, 0.2) is 0 Å². The molecule has 0 aromatic rings. The summed E-state index contributed by atoms with van der Waals surface area (Å²) in [5, 5.41) is 8.78. The highest BCUT2D eigenvalue weighted by atomic mass is 16.5. The van der Waals surface area contributed by atoms with Crippen LogP contribution in [0.4, 0.5) is 0 Å². The van der Waals surface area contributed by atoms with Crippen LogP contribution in [0.2, 0.25) is 0 Å². The van der Waals surface area contributed by atoms with E-state index in [2.05, 4.69) is 31.2 Å². The lowest BCUT2D eigenvalue weighted by molar-refractivity contribution is -0.143. The molecule has 3 heteroatoms. The number of carbonyl (C=O) groups is 1. The largest absolute Gasteiger partial charge is 0.466 e. The molecular weight excluding hydrogens is 492 g/mol. The molecule has 0 atom stereocenters. The Morgan fingerprint density at radius 2 is 0.900 bits per heavy atom. The fourth-order valence-electron chi connectivity index (χ4n) is 5.20. The van der Waals surface area contributed by atoms with Crippen LogP contribution < -0.4 is 0 Å². The van der Waals surface area contributed by atoms with Gasteiger partial charge in [0.2, 0.25) is 0 Å². The normalized spacial score (nSPS) is 11.8. The van der Waals surface area contributed by atoms with Gasteiger partial charge in [-0.15, -0.1) is 0 Å².